The molecule has 8 heteroatoms. The number of sulfonamides is 1. The van der Waals surface area contributed by atoms with Crippen molar-refractivity contribution in [2.24, 2.45) is 0 Å². The van der Waals surface area contributed by atoms with Gasteiger partial charge in [0.15, 0.2) is 0 Å². The van der Waals surface area contributed by atoms with Crippen LogP contribution in [0.4, 0.5) is 0 Å². The van der Waals surface area contributed by atoms with Gasteiger partial charge in [-0.2, -0.15) is 4.31 Å². The zero-order valence-electron chi connectivity index (χ0n) is 18.4. The summed E-state index contributed by atoms with van der Waals surface area (Å²) in [6.45, 7) is 1.14. The first-order valence-corrected chi connectivity index (χ1v) is 13.7. The SMILES string of the molecule is O=S(=O)(c1cccc(-c2nnc(SC3c4ccccc4-c4ccccc43)o2)c1)N1CCCCC1. The Kier molecular flexibility index (Phi) is 5.51. The molecule has 0 saturated carbocycles. The number of thioether (sulfide) groups is 1. The summed E-state index contributed by atoms with van der Waals surface area (Å²) in [6.07, 6.45) is 2.87. The summed E-state index contributed by atoms with van der Waals surface area (Å²) in [5.74, 6) is 0.317. The highest BCUT2D eigenvalue weighted by molar-refractivity contribution is 7.99. The van der Waals surface area contributed by atoms with Crippen LogP contribution in [-0.4, -0.2) is 36.0 Å². The van der Waals surface area contributed by atoms with Gasteiger partial charge in [0, 0.05) is 18.7 Å². The van der Waals surface area contributed by atoms with E-state index in [2.05, 4.69) is 46.6 Å². The Bertz CT molecular complexity index is 1410. The number of aromatic nitrogens is 2. The molecule has 0 atom stereocenters. The maximum atomic E-state index is 13.1. The molecule has 1 fully saturated rings. The summed E-state index contributed by atoms with van der Waals surface area (Å²) < 4.78 is 33.8. The number of fused-ring (bicyclic) bond motifs is 3. The number of rotatable bonds is 5. The van der Waals surface area contributed by atoms with Crippen molar-refractivity contribution in [3.8, 4) is 22.6 Å². The molecule has 0 radical (unpaired) electrons. The van der Waals surface area contributed by atoms with Gasteiger partial charge in [0.25, 0.3) is 5.22 Å². The summed E-state index contributed by atoms with van der Waals surface area (Å²) in [7, 11) is -3.53. The summed E-state index contributed by atoms with van der Waals surface area (Å²) in [6, 6.07) is 23.6. The second-order valence-electron chi connectivity index (χ2n) is 8.54. The number of nitrogens with zero attached hydrogens (tertiary/aromatic N) is 3. The lowest BCUT2D eigenvalue weighted by Crippen LogP contribution is -2.35. The minimum absolute atomic E-state index is 0.0616. The fraction of sp³-hybridized carbons (Fsp3) is 0.231. The molecule has 0 unspecified atom stereocenters. The summed E-state index contributed by atoms with van der Waals surface area (Å²) in [4.78, 5) is 0.262. The van der Waals surface area contributed by atoms with E-state index < -0.39 is 10.0 Å². The van der Waals surface area contributed by atoms with Gasteiger partial charge >= 0.3 is 0 Å². The van der Waals surface area contributed by atoms with E-state index in [1.54, 1.807) is 28.6 Å². The Labute approximate surface area is 203 Å². The molecule has 6 nitrogen and oxygen atoms in total. The molecule has 0 amide bonds. The maximum absolute atomic E-state index is 13.1. The van der Waals surface area contributed by atoms with E-state index >= 15 is 0 Å². The second kappa shape index (κ2) is 8.69. The molecule has 3 aromatic carbocycles. The first-order valence-electron chi connectivity index (χ1n) is 11.4. The second-order valence-corrected chi connectivity index (χ2v) is 11.5. The van der Waals surface area contributed by atoms with Crippen LogP contribution in [0.25, 0.3) is 22.6 Å². The minimum Gasteiger partial charge on any atom is -0.411 e. The van der Waals surface area contributed by atoms with Crippen LogP contribution in [0.1, 0.15) is 35.6 Å². The quantitative estimate of drug-likeness (QED) is 0.354. The van der Waals surface area contributed by atoms with Crippen molar-refractivity contribution in [1.82, 2.24) is 14.5 Å². The van der Waals surface area contributed by atoms with Crippen molar-refractivity contribution in [2.45, 2.75) is 34.6 Å². The van der Waals surface area contributed by atoms with Crippen LogP contribution < -0.4 is 0 Å². The van der Waals surface area contributed by atoms with E-state index in [0.717, 1.165) is 19.3 Å². The fourth-order valence-corrected chi connectivity index (χ4v) is 7.40. The van der Waals surface area contributed by atoms with E-state index in [4.69, 9.17) is 4.42 Å². The van der Waals surface area contributed by atoms with Gasteiger partial charge in [0.2, 0.25) is 15.9 Å². The average molecular weight is 490 g/mol. The smallest absolute Gasteiger partial charge is 0.277 e. The Hall–Kier alpha value is -2.94. The van der Waals surface area contributed by atoms with Gasteiger partial charge in [-0.25, -0.2) is 8.42 Å². The van der Waals surface area contributed by atoms with Crippen molar-refractivity contribution < 1.29 is 12.8 Å². The zero-order chi connectivity index (χ0) is 23.1. The van der Waals surface area contributed by atoms with Crippen LogP contribution in [0, 0.1) is 0 Å². The molecule has 172 valence electrons. The van der Waals surface area contributed by atoms with Crippen molar-refractivity contribution in [2.75, 3.05) is 13.1 Å². The van der Waals surface area contributed by atoms with E-state index in [1.165, 1.54) is 34.0 Å². The molecule has 1 saturated heterocycles. The zero-order valence-corrected chi connectivity index (χ0v) is 20.1. The predicted octanol–water partition coefficient (Wildman–Crippen LogP) is 5.77. The van der Waals surface area contributed by atoms with Crippen molar-refractivity contribution in [3.05, 3.63) is 83.9 Å². The molecule has 1 aliphatic heterocycles. The first-order chi connectivity index (χ1) is 16.6. The third-order valence-electron chi connectivity index (χ3n) is 6.44. The van der Waals surface area contributed by atoms with Crippen LogP contribution >= 0.6 is 11.8 Å². The molecule has 1 aliphatic carbocycles. The highest BCUT2D eigenvalue weighted by atomic mass is 32.2. The maximum Gasteiger partial charge on any atom is 0.277 e. The van der Waals surface area contributed by atoms with E-state index in [9.17, 15) is 8.42 Å². The molecule has 6 rings (SSSR count). The third-order valence-corrected chi connectivity index (χ3v) is 9.44. The highest BCUT2D eigenvalue weighted by Gasteiger charge is 2.31. The molecule has 0 spiro atoms. The lowest BCUT2D eigenvalue weighted by Gasteiger charge is -2.25. The Morgan fingerprint density at radius 2 is 1.50 bits per heavy atom. The summed E-state index contributed by atoms with van der Waals surface area (Å²) in [5.41, 5.74) is 5.51. The number of hydrogen-bond acceptors (Lipinski definition) is 6. The van der Waals surface area contributed by atoms with E-state index in [-0.39, 0.29) is 10.1 Å². The predicted molar refractivity (Wildman–Crippen MR) is 132 cm³/mol. The molecule has 34 heavy (non-hydrogen) atoms. The molecule has 0 N–H and O–H groups in total. The van der Waals surface area contributed by atoms with Gasteiger partial charge in [-0.3, -0.25) is 0 Å². The average Bonchev–Trinajstić information content (AvgIpc) is 3.48. The van der Waals surface area contributed by atoms with Crippen molar-refractivity contribution >= 4 is 21.8 Å². The summed E-state index contributed by atoms with van der Waals surface area (Å²) >= 11 is 1.52. The molecule has 2 aliphatic rings. The molecular weight excluding hydrogens is 466 g/mol. The molecular formula is C26H23N3O3S2. The van der Waals surface area contributed by atoms with Crippen LogP contribution in [0.5, 0.6) is 0 Å². The largest absolute Gasteiger partial charge is 0.411 e. The van der Waals surface area contributed by atoms with Gasteiger partial charge in [0.05, 0.1) is 10.1 Å². The normalized spacial score (nSPS) is 16.4. The van der Waals surface area contributed by atoms with Gasteiger partial charge in [-0.15, -0.1) is 10.2 Å². The number of hydrogen-bond donors (Lipinski definition) is 0. The lowest BCUT2D eigenvalue weighted by molar-refractivity contribution is 0.346. The van der Waals surface area contributed by atoms with Crippen molar-refractivity contribution in [1.29, 1.82) is 0 Å². The van der Waals surface area contributed by atoms with Gasteiger partial charge in [0.1, 0.15) is 0 Å². The highest BCUT2D eigenvalue weighted by Crippen LogP contribution is 2.51. The van der Waals surface area contributed by atoms with Crippen LogP contribution in [0.15, 0.2) is 87.3 Å². The van der Waals surface area contributed by atoms with E-state index in [0.29, 0.717) is 29.8 Å². The monoisotopic (exact) mass is 489 g/mol. The lowest BCUT2D eigenvalue weighted by atomic mass is 10.1. The van der Waals surface area contributed by atoms with E-state index in [1.807, 2.05) is 12.1 Å². The Morgan fingerprint density at radius 3 is 2.21 bits per heavy atom. The minimum atomic E-state index is -3.53. The molecule has 2 heterocycles. The topological polar surface area (TPSA) is 76.3 Å². The van der Waals surface area contributed by atoms with Gasteiger partial charge < -0.3 is 4.42 Å². The van der Waals surface area contributed by atoms with Crippen LogP contribution in [0.3, 0.4) is 0 Å². The van der Waals surface area contributed by atoms with Gasteiger partial charge in [-0.05, 0) is 53.3 Å². The molecule has 0 bridgehead atoms. The standard InChI is InChI=1S/C26H23N3O3S2/c30-34(31,29-15-6-1-7-16-29)19-10-8-9-18(17-19)25-27-28-26(32-25)33-24-22-13-4-2-11-20(22)21-12-3-5-14-23(21)24/h2-5,8-14,17,24H,1,6-7,15-16H2. The Morgan fingerprint density at radius 1 is 0.824 bits per heavy atom. The van der Waals surface area contributed by atoms with Crippen LogP contribution in [0.2, 0.25) is 0 Å². The summed E-state index contributed by atoms with van der Waals surface area (Å²) in [5, 5.41) is 9.02. The molecule has 1 aromatic heterocycles. The Balaban J connectivity index is 1.28. The molecule has 4 aromatic rings. The van der Waals surface area contributed by atoms with Crippen LogP contribution in [-0.2, 0) is 10.0 Å². The number of piperidine rings is 1. The first kappa shape index (κ1) is 21.6. The third kappa shape index (κ3) is 3.76. The van der Waals surface area contributed by atoms with Crippen molar-refractivity contribution in [3.63, 3.8) is 0 Å². The fourth-order valence-electron chi connectivity index (χ4n) is 4.76. The van der Waals surface area contributed by atoms with Gasteiger partial charge in [-0.1, -0.05) is 72.8 Å². The number of benzene rings is 3.